The van der Waals surface area contributed by atoms with Gasteiger partial charge in [0.15, 0.2) is 0 Å². The van der Waals surface area contributed by atoms with Crippen LogP contribution in [0.25, 0.3) is 0 Å². The number of carbonyl (C=O) groups excluding carboxylic acids is 1. The molecule has 21 heavy (non-hydrogen) atoms. The third kappa shape index (κ3) is 2.91. The van der Waals surface area contributed by atoms with Crippen molar-refractivity contribution in [3.8, 4) is 5.75 Å². The van der Waals surface area contributed by atoms with Crippen LogP contribution in [0.1, 0.15) is 10.4 Å². The van der Waals surface area contributed by atoms with E-state index in [1.54, 1.807) is 19.2 Å². The molecule has 0 saturated carbocycles. The van der Waals surface area contributed by atoms with Crippen molar-refractivity contribution < 1.29 is 14.3 Å². The highest BCUT2D eigenvalue weighted by atomic mass is 16.5. The first-order chi connectivity index (χ1) is 10.1. The molecule has 2 aromatic carbocycles. The maximum Gasteiger partial charge on any atom is 0.340 e. The lowest BCUT2D eigenvalue weighted by atomic mass is 10.1. The lowest BCUT2D eigenvalue weighted by Crippen LogP contribution is -2.14. The molecular formula is C16H18N2O3. The molecule has 5 heteroatoms. The fourth-order valence-corrected chi connectivity index (χ4v) is 2.08. The quantitative estimate of drug-likeness (QED) is 0.691. The topological polar surface area (TPSA) is 64.8 Å². The number of anilines is 3. The second-order valence-electron chi connectivity index (χ2n) is 4.49. The highest BCUT2D eigenvalue weighted by molar-refractivity contribution is 5.99. The highest BCUT2D eigenvalue weighted by Gasteiger charge is 2.15. The fourth-order valence-electron chi connectivity index (χ4n) is 2.08. The number of para-hydroxylation sites is 1. The van der Waals surface area contributed by atoms with Gasteiger partial charge in [0.05, 0.1) is 31.2 Å². The van der Waals surface area contributed by atoms with E-state index >= 15 is 0 Å². The van der Waals surface area contributed by atoms with Gasteiger partial charge in [-0.25, -0.2) is 4.79 Å². The van der Waals surface area contributed by atoms with E-state index in [1.165, 1.54) is 7.11 Å². The minimum Gasteiger partial charge on any atom is -0.497 e. The molecule has 110 valence electrons. The normalized spacial score (nSPS) is 10.0. The Hall–Kier alpha value is -2.69. The molecule has 0 fully saturated rings. The van der Waals surface area contributed by atoms with Crippen LogP contribution < -0.4 is 15.4 Å². The number of methoxy groups -OCH3 is 2. The van der Waals surface area contributed by atoms with E-state index < -0.39 is 5.97 Å². The van der Waals surface area contributed by atoms with Crippen molar-refractivity contribution in [2.75, 3.05) is 31.9 Å². The summed E-state index contributed by atoms with van der Waals surface area (Å²) in [5, 5.41) is 0. The molecule has 2 N–H and O–H groups in total. The van der Waals surface area contributed by atoms with Gasteiger partial charge in [-0.3, -0.25) is 0 Å². The molecule has 0 aliphatic carbocycles. The molecule has 0 spiro atoms. The van der Waals surface area contributed by atoms with Crippen LogP contribution in [0.3, 0.4) is 0 Å². The molecule has 2 rings (SSSR count). The maximum absolute atomic E-state index is 11.7. The van der Waals surface area contributed by atoms with E-state index in [1.807, 2.05) is 42.3 Å². The van der Waals surface area contributed by atoms with Crippen LogP contribution in [-0.4, -0.2) is 27.2 Å². The number of nitrogen functional groups attached to an aromatic ring is 1. The van der Waals surface area contributed by atoms with Gasteiger partial charge >= 0.3 is 5.97 Å². The van der Waals surface area contributed by atoms with Gasteiger partial charge < -0.3 is 20.1 Å². The molecule has 0 bridgehead atoms. The fraction of sp³-hybridized carbons (Fsp3) is 0.188. The monoisotopic (exact) mass is 286 g/mol. The Balaban J connectivity index is 2.38. The summed E-state index contributed by atoms with van der Waals surface area (Å²) in [5.41, 5.74) is 8.51. The van der Waals surface area contributed by atoms with Gasteiger partial charge in [-0.05, 0) is 36.4 Å². The molecule has 0 saturated heterocycles. The van der Waals surface area contributed by atoms with E-state index in [2.05, 4.69) is 0 Å². The first-order valence-electron chi connectivity index (χ1n) is 6.43. The highest BCUT2D eigenvalue weighted by Crippen LogP contribution is 2.32. The Morgan fingerprint density at radius 2 is 1.76 bits per heavy atom. The van der Waals surface area contributed by atoms with Gasteiger partial charge in [0, 0.05) is 12.7 Å². The van der Waals surface area contributed by atoms with Crippen molar-refractivity contribution in [3.63, 3.8) is 0 Å². The van der Waals surface area contributed by atoms with E-state index in [0.29, 0.717) is 11.3 Å². The van der Waals surface area contributed by atoms with Crippen LogP contribution in [0.5, 0.6) is 5.75 Å². The Morgan fingerprint density at radius 3 is 2.33 bits per heavy atom. The number of rotatable bonds is 4. The minimum atomic E-state index is -0.447. The predicted molar refractivity (Wildman–Crippen MR) is 83.3 cm³/mol. The third-order valence-electron chi connectivity index (χ3n) is 3.31. The number of benzene rings is 2. The summed E-state index contributed by atoms with van der Waals surface area (Å²) in [7, 11) is 4.84. The molecule has 0 radical (unpaired) electrons. The molecule has 0 aliphatic rings. The molecule has 0 amide bonds. The summed E-state index contributed by atoms with van der Waals surface area (Å²) in [6, 6.07) is 12.8. The van der Waals surface area contributed by atoms with Gasteiger partial charge in [0.25, 0.3) is 0 Å². The molecule has 0 aromatic heterocycles. The Kier molecular flexibility index (Phi) is 4.33. The summed E-state index contributed by atoms with van der Waals surface area (Å²) in [4.78, 5) is 13.6. The zero-order chi connectivity index (χ0) is 15.4. The van der Waals surface area contributed by atoms with Crippen molar-refractivity contribution in [1.29, 1.82) is 0 Å². The van der Waals surface area contributed by atoms with Crippen molar-refractivity contribution >= 4 is 23.0 Å². The number of ether oxygens (including phenoxy) is 2. The van der Waals surface area contributed by atoms with Gasteiger partial charge in [-0.1, -0.05) is 6.07 Å². The van der Waals surface area contributed by atoms with Gasteiger partial charge in [-0.2, -0.15) is 0 Å². The summed E-state index contributed by atoms with van der Waals surface area (Å²) in [6.45, 7) is 0. The van der Waals surface area contributed by atoms with Gasteiger partial charge in [-0.15, -0.1) is 0 Å². The number of nitrogens with two attached hydrogens (primary N) is 1. The largest absolute Gasteiger partial charge is 0.497 e. The SMILES string of the molecule is COC(=O)c1cccc(N(C)c2ccc(OC)cc2)c1N. The van der Waals surface area contributed by atoms with Gasteiger partial charge in [0.1, 0.15) is 5.75 Å². The average Bonchev–Trinajstić information content (AvgIpc) is 2.54. The van der Waals surface area contributed by atoms with Crippen molar-refractivity contribution in [2.24, 2.45) is 0 Å². The first-order valence-corrected chi connectivity index (χ1v) is 6.43. The molecule has 0 aliphatic heterocycles. The first kappa shape index (κ1) is 14.7. The number of hydrogen-bond acceptors (Lipinski definition) is 5. The molecule has 0 heterocycles. The van der Waals surface area contributed by atoms with E-state index in [0.717, 1.165) is 17.1 Å². The predicted octanol–water partition coefficient (Wildman–Crippen LogP) is 2.83. The zero-order valence-electron chi connectivity index (χ0n) is 12.3. The number of carbonyl (C=O) groups is 1. The van der Waals surface area contributed by atoms with Crippen LogP contribution in [0.15, 0.2) is 42.5 Å². The molecule has 5 nitrogen and oxygen atoms in total. The second-order valence-corrected chi connectivity index (χ2v) is 4.49. The Labute approximate surface area is 123 Å². The Bertz CT molecular complexity index is 638. The Morgan fingerprint density at radius 1 is 1.10 bits per heavy atom. The van der Waals surface area contributed by atoms with E-state index in [-0.39, 0.29) is 0 Å². The second kappa shape index (κ2) is 6.17. The summed E-state index contributed by atoms with van der Waals surface area (Å²) in [6.07, 6.45) is 0. The summed E-state index contributed by atoms with van der Waals surface area (Å²) < 4.78 is 9.87. The summed E-state index contributed by atoms with van der Waals surface area (Å²) in [5.74, 6) is 0.334. The van der Waals surface area contributed by atoms with E-state index in [9.17, 15) is 4.79 Å². The standard InChI is InChI=1S/C16H18N2O3/c1-18(11-7-9-12(20-2)10-8-11)14-6-4-5-13(15(14)17)16(19)21-3/h4-10H,17H2,1-3H3. The van der Waals surface area contributed by atoms with Crippen LogP contribution >= 0.6 is 0 Å². The molecular weight excluding hydrogens is 268 g/mol. The molecule has 0 atom stereocenters. The number of hydrogen-bond donors (Lipinski definition) is 1. The van der Waals surface area contributed by atoms with Crippen LogP contribution in [-0.2, 0) is 4.74 Å². The van der Waals surface area contributed by atoms with Crippen LogP contribution in [0.4, 0.5) is 17.1 Å². The minimum absolute atomic E-state index is 0.357. The lowest BCUT2D eigenvalue weighted by Gasteiger charge is -2.22. The van der Waals surface area contributed by atoms with Crippen LogP contribution in [0.2, 0.25) is 0 Å². The smallest absolute Gasteiger partial charge is 0.340 e. The molecule has 0 unspecified atom stereocenters. The number of esters is 1. The average molecular weight is 286 g/mol. The maximum atomic E-state index is 11.7. The number of nitrogens with zero attached hydrogens (tertiary/aromatic N) is 1. The van der Waals surface area contributed by atoms with Gasteiger partial charge in [0.2, 0.25) is 0 Å². The van der Waals surface area contributed by atoms with Crippen molar-refractivity contribution in [2.45, 2.75) is 0 Å². The summed E-state index contributed by atoms with van der Waals surface area (Å²) >= 11 is 0. The molecule has 2 aromatic rings. The van der Waals surface area contributed by atoms with Crippen LogP contribution in [0, 0.1) is 0 Å². The lowest BCUT2D eigenvalue weighted by molar-refractivity contribution is 0.0602. The third-order valence-corrected chi connectivity index (χ3v) is 3.31. The van der Waals surface area contributed by atoms with Crippen molar-refractivity contribution in [3.05, 3.63) is 48.0 Å². The zero-order valence-corrected chi connectivity index (χ0v) is 12.3. The van der Waals surface area contributed by atoms with E-state index in [4.69, 9.17) is 15.2 Å². The van der Waals surface area contributed by atoms with Crippen molar-refractivity contribution in [1.82, 2.24) is 0 Å².